The van der Waals surface area contributed by atoms with E-state index in [1.165, 1.54) is 4.68 Å². The lowest BCUT2D eigenvalue weighted by atomic mass is 9.88. The Morgan fingerprint density at radius 3 is 2.95 bits per heavy atom. The third-order valence-electron chi connectivity index (χ3n) is 5.22. The van der Waals surface area contributed by atoms with Crippen molar-refractivity contribution in [3.05, 3.63) is 21.0 Å². The highest BCUT2D eigenvalue weighted by Crippen LogP contribution is 2.56. The van der Waals surface area contributed by atoms with Crippen molar-refractivity contribution in [1.29, 1.82) is 0 Å². The first-order valence-electron chi connectivity index (χ1n) is 6.74. The van der Waals surface area contributed by atoms with E-state index in [0.29, 0.717) is 22.2 Å². The summed E-state index contributed by atoms with van der Waals surface area (Å²) < 4.78 is 1.88. The minimum absolute atomic E-state index is 0.124. The largest absolute Gasteiger partial charge is 0.391 e. The summed E-state index contributed by atoms with van der Waals surface area (Å²) in [4.78, 5) is 14.2. The van der Waals surface area contributed by atoms with Crippen LogP contribution in [0.5, 0.6) is 0 Å². The summed E-state index contributed by atoms with van der Waals surface area (Å²) >= 11 is 3.39. The van der Waals surface area contributed by atoms with Gasteiger partial charge < -0.3 is 10.0 Å². The lowest BCUT2D eigenvalue weighted by molar-refractivity contribution is 0.0966. The molecule has 1 N–H and O–H groups in total. The minimum atomic E-state index is -0.250. The normalized spacial score (nSPS) is 39.3. The molecule has 1 aliphatic heterocycles. The van der Waals surface area contributed by atoms with Crippen LogP contribution in [0.3, 0.4) is 0 Å². The van der Waals surface area contributed by atoms with Gasteiger partial charge in [-0.25, -0.2) is 4.68 Å². The Balaban J connectivity index is 1.79. The van der Waals surface area contributed by atoms with E-state index in [9.17, 15) is 9.90 Å². The van der Waals surface area contributed by atoms with E-state index in [4.69, 9.17) is 0 Å². The molecule has 1 aromatic rings. The molecule has 1 aromatic heterocycles. The standard InChI is InChI=1S/C13H16BrN3O2/c1-16-13(19)10(14)9(4-15-16)17-5-7-2-6-3-8(7)11(17)12(6)18/h4,6-8,11-12,18H,2-3,5H2,1H3. The van der Waals surface area contributed by atoms with E-state index in [2.05, 4.69) is 25.9 Å². The second-order valence-corrected chi connectivity index (χ2v) is 6.85. The van der Waals surface area contributed by atoms with Gasteiger partial charge in [-0.1, -0.05) is 0 Å². The van der Waals surface area contributed by atoms with Crippen molar-refractivity contribution in [3.8, 4) is 0 Å². The van der Waals surface area contributed by atoms with Gasteiger partial charge in [-0.3, -0.25) is 4.79 Å². The monoisotopic (exact) mass is 325 g/mol. The van der Waals surface area contributed by atoms with Crippen molar-refractivity contribution in [1.82, 2.24) is 9.78 Å². The van der Waals surface area contributed by atoms with Crippen LogP contribution < -0.4 is 10.5 Å². The number of aryl methyl sites for hydroxylation is 1. The van der Waals surface area contributed by atoms with Gasteiger partial charge in [0.25, 0.3) is 5.56 Å². The van der Waals surface area contributed by atoms with Gasteiger partial charge in [-0.15, -0.1) is 0 Å². The third kappa shape index (κ3) is 1.44. The van der Waals surface area contributed by atoms with Gasteiger partial charge >= 0.3 is 0 Å². The molecule has 0 spiro atoms. The van der Waals surface area contributed by atoms with Gasteiger partial charge in [0.1, 0.15) is 4.47 Å². The molecule has 0 radical (unpaired) electrons. The number of fused-ring (bicyclic) bond motifs is 1. The fourth-order valence-corrected chi connectivity index (χ4v) is 4.98. The van der Waals surface area contributed by atoms with Gasteiger partial charge in [0.15, 0.2) is 0 Å². The molecule has 5 unspecified atom stereocenters. The molecule has 2 aliphatic carbocycles. The summed E-state index contributed by atoms with van der Waals surface area (Å²) in [6.45, 7) is 0.941. The maximum Gasteiger partial charge on any atom is 0.282 e. The number of aliphatic hydroxyl groups excluding tert-OH is 1. The highest BCUT2D eigenvalue weighted by Gasteiger charge is 2.59. The molecule has 2 heterocycles. The van der Waals surface area contributed by atoms with Crippen LogP contribution in [0, 0.1) is 17.8 Å². The van der Waals surface area contributed by atoms with E-state index < -0.39 is 0 Å². The molecule has 19 heavy (non-hydrogen) atoms. The quantitative estimate of drug-likeness (QED) is 0.827. The van der Waals surface area contributed by atoms with Crippen LogP contribution in [-0.4, -0.2) is 33.6 Å². The number of aliphatic hydroxyl groups is 1. The Morgan fingerprint density at radius 2 is 2.21 bits per heavy atom. The Morgan fingerprint density at radius 1 is 1.42 bits per heavy atom. The first kappa shape index (κ1) is 11.9. The van der Waals surface area contributed by atoms with E-state index in [1.54, 1.807) is 13.2 Å². The fraction of sp³-hybridized carbons (Fsp3) is 0.692. The van der Waals surface area contributed by atoms with Crippen LogP contribution in [-0.2, 0) is 7.05 Å². The summed E-state index contributed by atoms with van der Waals surface area (Å²) in [6.07, 6.45) is 3.76. The van der Waals surface area contributed by atoms with Gasteiger partial charge in [-0.05, 0) is 46.5 Å². The number of hydrogen-bond donors (Lipinski definition) is 1. The zero-order chi connectivity index (χ0) is 13.3. The molecule has 0 amide bonds. The lowest BCUT2D eigenvalue weighted by Gasteiger charge is -2.30. The van der Waals surface area contributed by atoms with Crippen LogP contribution in [0.15, 0.2) is 15.5 Å². The van der Waals surface area contributed by atoms with Crippen LogP contribution in [0.2, 0.25) is 0 Å². The minimum Gasteiger partial charge on any atom is -0.391 e. The Labute approximate surface area is 119 Å². The molecule has 5 nitrogen and oxygen atoms in total. The van der Waals surface area contributed by atoms with E-state index in [1.807, 2.05) is 0 Å². The van der Waals surface area contributed by atoms with Crippen LogP contribution in [0.25, 0.3) is 0 Å². The maximum atomic E-state index is 12.0. The van der Waals surface area contributed by atoms with E-state index in [-0.39, 0.29) is 17.7 Å². The highest BCUT2D eigenvalue weighted by atomic mass is 79.9. The van der Waals surface area contributed by atoms with Gasteiger partial charge in [-0.2, -0.15) is 5.10 Å². The fourth-order valence-electron chi connectivity index (χ4n) is 4.39. The first-order chi connectivity index (χ1) is 9.08. The second kappa shape index (κ2) is 3.82. The summed E-state index contributed by atoms with van der Waals surface area (Å²) in [7, 11) is 1.64. The molecule has 102 valence electrons. The molecule has 2 saturated carbocycles. The van der Waals surface area contributed by atoms with Crippen molar-refractivity contribution in [3.63, 3.8) is 0 Å². The SMILES string of the molecule is Cn1ncc(N2CC3CC4CC3C2C4O)c(Br)c1=O. The number of rotatable bonds is 1. The summed E-state index contributed by atoms with van der Waals surface area (Å²) in [5.74, 6) is 1.73. The average molecular weight is 326 g/mol. The molecular weight excluding hydrogens is 310 g/mol. The number of aromatic nitrogens is 2. The highest BCUT2D eigenvalue weighted by molar-refractivity contribution is 9.10. The third-order valence-corrected chi connectivity index (χ3v) is 5.96. The predicted octanol–water partition coefficient (Wildman–Crippen LogP) is 0.748. The molecular formula is C13H16BrN3O2. The second-order valence-electron chi connectivity index (χ2n) is 6.06. The molecule has 2 bridgehead atoms. The predicted molar refractivity (Wildman–Crippen MR) is 74.0 cm³/mol. The van der Waals surface area contributed by atoms with Crippen LogP contribution in [0.1, 0.15) is 12.8 Å². The lowest BCUT2D eigenvalue weighted by Crippen LogP contribution is -2.41. The van der Waals surface area contributed by atoms with Crippen LogP contribution in [0.4, 0.5) is 5.69 Å². The molecule has 3 fully saturated rings. The van der Waals surface area contributed by atoms with E-state index >= 15 is 0 Å². The molecule has 0 aromatic carbocycles. The van der Waals surface area contributed by atoms with Crippen molar-refractivity contribution in [2.24, 2.45) is 24.8 Å². The molecule has 5 atom stereocenters. The number of halogens is 1. The Kier molecular flexibility index (Phi) is 2.39. The van der Waals surface area contributed by atoms with Crippen LogP contribution >= 0.6 is 15.9 Å². The smallest absolute Gasteiger partial charge is 0.282 e. The average Bonchev–Trinajstić information content (AvgIpc) is 2.98. The summed E-state index contributed by atoms with van der Waals surface area (Å²) in [5.41, 5.74) is 0.711. The molecule has 4 rings (SSSR count). The topological polar surface area (TPSA) is 58.4 Å². The van der Waals surface area contributed by atoms with Crippen molar-refractivity contribution in [2.45, 2.75) is 25.0 Å². The zero-order valence-corrected chi connectivity index (χ0v) is 12.2. The summed E-state index contributed by atoms with van der Waals surface area (Å²) in [6, 6.07) is 0.175. The summed E-state index contributed by atoms with van der Waals surface area (Å²) in [5, 5.41) is 14.5. The van der Waals surface area contributed by atoms with Crippen molar-refractivity contribution in [2.75, 3.05) is 11.4 Å². The maximum absolute atomic E-state index is 12.0. The Bertz CT molecular complexity index is 600. The van der Waals surface area contributed by atoms with Gasteiger partial charge in [0.2, 0.25) is 0 Å². The number of hydrogen-bond acceptors (Lipinski definition) is 4. The van der Waals surface area contributed by atoms with Gasteiger partial charge in [0, 0.05) is 13.6 Å². The molecule has 3 aliphatic rings. The van der Waals surface area contributed by atoms with E-state index in [0.717, 1.165) is 25.1 Å². The number of anilines is 1. The van der Waals surface area contributed by atoms with Gasteiger partial charge in [0.05, 0.1) is 24.0 Å². The zero-order valence-electron chi connectivity index (χ0n) is 10.7. The number of nitrogens with zero attached hydrogens (tertiary/aromatic N) is 3. The van der Waals surface area contributed by atoms with Crippen molar-refractivity contribution >= 4 is 21.6 Å². The Hall–Kier alpha value is -0.880. The molecule has 6 heteroatoms. The van der Waals surface area contributed by atoms with Crippen molar-refractivity contribution < 1.29 is 5.11 Å². The first-order valence-corrected chi connectivity index (χ1v) is 7.53. The molecule has 1 saturated heterocycles.